The summed E-state index contributed by atoms with van der Waals surface area (Å²) in [7, 11) is 0. The number of aromatic nitrogens is 3. The first-order chi connectivity index (χ1) is 10.3. The number of nitrogens with zero attached hydrogens (tertiary/aromatic N) is 2. The maximum atomic E-state index is 5.43. The van der Waals surface area contributed by atoms with Crippen LogP contribution in [0.3, 0.4) is 0 Å². The van der Waals surface area contributed by atoms with Gasteiger partial charge >= 0.3 is 0 Å². The molecule has 0 radical (unpaired) electrons. The molecule has 110 valence electrons. The number of aromatic amines is 1. The summed E-state index contributed by atoms with van der Waals surface area (Å²) in [5.74, 6) is 1.07. The first kappa shape index (κ1) is 14.4. The molecule has 3 rings (SSSR count). The van der Waals surface area contributed by atoms with Gasteiger partial charge in [0, 0.05) is 24.4 Å². The third-order valence-electron chi connectivity index (χ3n) is 3.83. The molecule has 4 nitrogen and oxygen atoms in total. The predicted molar refractivity (Wildman–Crippen MR) is 83.8 cm³/mol. The van der Waals surface area contributed by atoms with Gasteiger partial charge < -0.3 is 9.72 Å². The minimum atomic E-state index is 0.278. The van der Waals surface area contributed by atoms with Crippen LogP contribution in [-0.2, 0) is 17.8 Å². The van der Waals surface area contributed by atoms with Crippen molar-refractivity contribution in [2.45, 2.75) is 38.7 Å². The van der Waals surface area contributed by atoms with E-state index in [0.717, 1.165) is 24.4 Å². The summed E-state index contributed by atoms with van der Waals surface area (Å²) in [6, 6.07) is 6.14. The Morgan fingerprint density at radius 3 is 3.24 bits per heavy atom. The van der Waals surface area contributed by atoms with Crippen molar-refractivity contribution in [1.29, 1.82) is 0 Å². The van der Waals surface area contributed by atoms with Crippen LogP contribution in [0.5, 0.6) is 0 Å². The van der Waals surface area contributed by atoms with Crippen LogP contribution in [0, 0.1) is 4.64 Å². The van der Waals surface area contributed by atoms with E-state index in [1.54, 1.807) is 0 Å². The van der Waals surface area contributed by atoms with Crippen molar-refractivity contribution < 1.29 is 4.74 Å². The van der Waals surface area contributed by atoms with Gasteiger partial charge in [-0.1, -0.05) is 18.3 Å². The van der Waals surface area contributed by atoms with Crippen LogP contribution in [0.2, 0.25) is 0 Å². The minimum Gasteiger partial charge on any atom is -0.374 e. The first-order valence-electron chi connectivity index (χ1n) is 7.39. The van der Waals surface area contributed by atoms with Gasteiger partial charge in [-0.3, -0.25) is 4.98 Å². The molecule has 0 spiro atoms. The second kappa shape index (κ2) is 6.45. The summed E-state index contributed by atoms with van der Waals surface area (Å²) < 4.78 is 6.04. The fourth-order valence-corrected chi connectivity index (χ4v) is 3.13. The number of ether oxygens (including phenoxy) is 1. The number of fused-ring (bicyclic) bond motifs is 1. The molecule has 2 aromatic heterocycles. The molecule has 2 aromatic rings. The van der Waals surface area contributed by atoms with E-state index in [2.05, 4.69) is 21.0 Å². The maximum absolute atomic E-state index is 5.43. The molecule has 0 saturated carbocycles. The molecule has 1 atom stereocenters. The lowest BCUT2D eigenvalue weighted by atomic mass is 9.84. The van der Waals surface area contributed by atoms with Gasteiger partial charge in [-0.15, -0.1) is 0 Å². The molecule has 0 aliphatic heterocycles. The van der Waals surface area contributed by atoms with Crippen molar-refractivity contribution in [1.82, 2.24) is 15.0 Å². The Bertz CT molecular complexity index is 683. The van der Waals surface area contributed by atoms with Crippen LogP contribution in [-0.4, -0.2) is 21.6 Å². The molecule has 0 fully saturated rings. The molecule has 5 heteroatoms. The van der Waals surface area contributed by atoms with Crippen molar-refractivity contribution >= 4 is 12.2 Å². The Labute approximate surface area is 129 Å². The van der Waals surface area contributed by atoms with Crippen LogP contribution in [0.4, 0.5) is 0 Å². The van der Waals surface area contributed by atoms with Crippen LogP contribution in [0.1, 0.15) is 48.5 Å². The molecule has 1 N–H and O–H groups in total. The quantitative estimate of drug-likeness (QED) is 0.878. The number of H-pyrrole nitrogens is 1. The van der Waals surface area contributed by atoms with Gasteiger partial charge in [0.1, 0.15) is 17.1 Å². The number of hydrogen-bond donors (Lipinski definition) is 1. The zero-order valence-electron chi connectivity index (χ0n) is 12.1. The average molecular weight is 301 g/mol. The zero-order chi connectivity index (χ0) is 14.7. The predicted octanol–water partition coefficient (Wildman–Crippen LogP) is 3.54. The summed E-state index contributed by atoms with van der Waals surface area (Å²) in [4.78, 5) is 12.3. The van der Waals surface area contributed by atoms with E-state index in [-0.39, 0.29) is 5.92 Å². The molecule has 2 heterocycles. The van der Waals surface area contributed by atoms with Gasteiger partial charge in [0.2, 0.25) is 0 Å². The lowest BCUT2D eigenvalue weighted by Gasteiger charge is -2.24. The monoisotopic (exact) mass is 301 g/mol. The van der Waals surface area contributed by atoms with E-state index in [0.29, 0.717) is 17.9 Å². The largest absolute Gasteiger partial charge is 0.374 e. The highest BCUT2D eigenvalue weighted by atomic mass is 32.1. The second-order valence-corrected chi connectivity index (χ2v) is 5.67. The minimum absolute atomic E-state index is 0.278. The van der Waals surface area contributed by atoms with Crippen molar-refractivity contribution in [2.24, 2.45) is 0 Å². The number of pyridine rings is 1. The number of nitrogens with one attached hydrogen (secondary N) is 1. The molecule has 1 aliphatic carbocycles. The molecule has 0 amide bonds. The van der Waals surface area contributed by atoms with Gasteiger partial charge in [-0.2, -0.15) is 0 Å². The number of hydrogen-bond acceptors (Lipinski definition) is 4. The summed E-state index contributed by atoms with van der Waals surface area (Å²) in [5, 5.41) is 0. The Kier molecular flexibility index (Phi) is 4.41. The first-order valence-corrected chi connectivity index (χ1v) is 7.80. The molecular formula is C16H19N3OS. The van der Waals surface area contributed by atoms with Crippen LogP contribution < -0.4 is 0 Å². The van der Waals surface area contributed by atoms with Crippen molar-refractivity contribution in [2.75, 3.05) is 6.61 Å². The van der Waals surface area contributed by atoms with E-state index in [4.69, 9.17) is 17.0 Å². The topological polar surface area (TPSA) is 50.8 Å². The Morgan fingerprint density at radius 1 is 1.48 bits per heavy atom. The van der Waals surface area contributed by atoms with Gasteiger partial charge in [0.25, 0.3) is 0 Å². The second-order valence-electron chi connectivity index (χ2n) is 5.25. The van der Waals surface area contributed by atoms with Crippen LogP contribution in [0.15, 0.2) is 24.4 Å². The normalized spacial score (nSPS) is 17.5. The molecule has 1 unspecified atom stereocenters. The molecule has 21 heavy (non-hydrogen) atoms. The smallest absolute Gasteiger partial charge is 0.134 e. The molecule has 0 bridgehead atoms. The van der Waals surface area contributed by atoms with E-state index in [1.165, 1.54) is 17.7 Å². The third-order valence-corrected chi connectivity index (χ3v) is 4.04. The maximum Gasteiger partial charge on any atom is 0.134 e. The van der Waals surface area contributed by atoms with Crippen molar-refractivity contribution in [3.63, 3.8) is 0 Å². The lowest BCUT2D eigenvalue weighted by Crippen LogP contribution is -2.15. The highest BCUT2D eigenvalue weighted by Gasteiger charge is 2.23. The van der Waals surface area contributed by atoms with E-state index in [1.807, 2.05) is 25.3 Å². The van der Waals surface area contributed by atoms with Crippen LogP contribution >= 0.6 is 12.2 Å². The van der Waals surface area contributed by atoms with Gasteiger partial charge in [-0.05, 0) is 43.9 Å². The van der Waals surface area contributed by atoms with Crippen LogP contribution in [0.25, 0.3) is 0 Å². The Hall–Kier alpha value is -1.59. The van der Waals surface area contributed by atoms with Gasteiger partial charge in [0.15, 0.2) is 0 Å². The van der Waals surface area contributed by atoms with Crippen molar-refractivity contribution in [3.05, 3.63) is 51.8 Å². The molecular weight excluding hydrogens is 282 g/mol. The zero-order valence-corrected chi connectivity index (χ0v) is 12.9. The SMILES string of the molecule is CCOCc1nc(=S)cc(C2CCCc3cccnc32)[nH]1. The fraction of sp³-hybridized carbons (Fsp3) is 0.438. The van der Waals surface area contributed by atoms with E-state index >= 15 is 0 Å². The lowest BCUT2D eigenvalue weighted by molar-refractivity contribution is 0.128. The van der Waals surface area contributed by atoms with Gasteiger partial charge in [0.05, 0.1) is 5.69 Å². The highest BCUT2D eigenvalue weighted by molar-refractivity contribution is 7.71. The fourth-order valence-electron chi connectivity index (χ4n) is 2.90. The number of rotatable bonds is 4. The van der Waals surface area contributed by atoms with Gasteiger partial charge in [-0.25, -0.2) is 4.98 Å². The molecule has 0 aromatic carbocycles. The number of aryl methyl sites for hydroxylation is 1. The Balaban J connectivity index is 1.97. The summed E-state index contributed by atoms with van der Waals surface area (Å²) in [6.45, 7) is 3.11. The summed E-state index contributed by atoms with van der Waals surface area (Å²) in [5.41, 5.74) is 3.61. The highest BCUT2D eigenvalue weighted by Crippen LogP contribution is 2.34. The standard InChI is InChI=1S/C16H19N3OS/c1-2-20-10-14-18-13(9-15(21)19-14)12-7-3-5-11-6-4-8-17-16(11)12/h4,6,8-9,12H,2-3,5,7,10H2,1H3,(H,18,19,21). The average Bonchev–Trinajstić information content (AvgIpc) is 2.52. The summed E-state index contributed by atoms with van der Waals surface area (Å²) in [6.07, 6.45) is 5.24. The van der Waals surface area contributed by atoms with Crippen molar-refractivity contribution in [3.8, 4) is 0 Å². The molecule has 1 aliphatic rings. The third kappa shape index (κ3) is 3.19. The Morgan fingerprint density at radius 2 is 2.38 bits per heavy atom. The van der Waals surface area contributed by atoms with E-state index < -0.39 is 0 Å². The summed E-state index contributed by atoms with van der Waals surface area (Å²) >= 11 is 5.30. The van der Waals surface area contributed by atoms with E-state index in [9.17, 15) is 0 Å². The molecule has 0 saturated heterocycles.